The summed E-state index contributed by atoms with van der Waals surface area (Å²) in [6.07, 6.45) is 3.35. The second-order valence-corrected chi connectivity index (χ2v) is 2.81. The van der Waals surface area contributed by atoms with Gasteiger partial charge in [-0.3, -0.25) is 0 Å². The predicted octanol–water partition coefficient (Wildman–Crippen LogP) is 1.58. The summed E-state index contributed by atoms with van der Waals surface area (Å²) < 4.78 is 4.89. The highest BCUT2D eigenvalue weighted by atomic mass is 16.5. The van der Waals surface area contributed by atoms with Gasteiger partial charge in [0, 0.05) is 13.7 Å². The topological polar surface area (TPSA) is 21.3 Å². The summed E-state index contributed by atoms with van der Waals surface area (Å²) in [6, 6.07) is 0. The molecule has 0 atom stereocenters. The lowest BCUT2D eigenvalue weighted by molar-refractivity contribution is 0.199. The zero-order valence-electron chi connectivity index (χ0n) is 7.81. The monoisotopic (exact) mass is 157 g/mol. The van der Waals surface area contributed by atoms with Gasteiger partial charge in [-0.2, -0.15) is 0 Å². The number of nitrogens with one attached hydrogen (secondary N) is 1. The molecule has 66 valence electrons. The lowest BCUT2D eigenvalue weighted by Gasteiger charge is -2.00. The number of hydrogen-bond acceptors (Lipinski definition) is 2. The van der Waals surface area contributed by atoms with Gasteiger partial charge in [0.15, 0.2) is 0 Å². The van der Waals surface area contributed by atoms with Crippen LogP contribution in [0.1, 0.15) is 20.3 Å². The van der Waals surface area contributed by atoms with Gasteiger partial charge in [-0.1, -0.05) is 11.6 Å². The Morgan fingerprint density at radius 3 is 2.64 bits per heavy atom. The minimum atomic E-state index is 0.800. The third-order valence-electron chi connectivity index (χ3n) is 1.36. The molecule has 1 N–H and O–H groups in total. The van der Waals surface area contributed by atoms with Crippen LogP contribution in [0.25, 0.3) is 0 Å². The Morgan fingerprint density at radius 1 is 1.36 bits per heavy atom. The zero-order chi connectivity index (χ0) is 8.53. The Kier molecular flexibility index (Phi) is 7.52. The SMILES string of the molecule is COCCNCCC=C(C)C. The van der Waals surface area contributed by atoms with Crippen molar-refractivity contribution in [2.45, 2.75) is 20.3 Å². The number of rotatable bonds is 6. The van der Waals surface area contributed by atoms with E-state index < -0.39 is 0 Å². The molecular weight excluding hydrogens is 138 g/mol. The molecule has 2 nitrogen and oxygen atoms in total. The van der Waals surface area contributed by atoms with E-state index in [1.807, 2.05) is 0 Å². The van der Waals surface area contributed by atoms with Crippen molar-refractivity contribution < 1.29 is 4.74 Å². The van der Waals surface area contributed by atoms with E-state index in [9.17, 15) is 0 Å². The molecule has 0 heterocycles. The Morgan fingerprint density at radius 2 is 2.09 bits per heavy atom. The van der Waals surface area contributed by atoms with Crippen LogP contribution in [0.5, 0.6) is 0 Å². The van der Waals surface area contributed by atoms with Crippen LogP contribution in [0.15, 0.2) is 11.6 Å². The maximum absolute atomic E-state index is 4.89. The lowest BCUT2D eigenvalue weighted by atomic mass is 10.3. The molecule has 0 aliphatic carbocycles. The highest BCUT2D eigenvalue weighted by Gasteiger charge is 1.84. The minimum Gasteiger partial charge on any atom is -0.383 e. The first kappa shape index (κ1) is 10.7. The zero-order valence-corrected chi connectivity index (χ0v) is 7.81. The molecule has 0 aromatic carbocycles. The fourth-order valence-corrected chi connectivity index (χ4v) is 0.762. The van der Waals surface area contributed by atoms with Gasteiger partial charge in [0.1, 0.15) is 0 Å². The number of methoxy groups -OCH3 is 1. The van der Waals surface area contributed by atoms with Crippen molar-refractivity contribution in [3.63, 3.8) is 0 Å². The first-order valence-electron chi connectivity index (χ1n) is 4.10. The number of allylic oxidation sites excluding steroid dienone is 1. The van der Waals surface area contributed by atoms with Crippen LogP contribution in [-0.2, 0) is 4.74 Å². The first-order chi connectivity index (χ1) is 5.27. The van der Waals surface area contributed by atoms with Gasteiger partial charge in [0.2, 0.25) is 0 Å². The standard InChI is InChI=1S/C9H19NO/c1-9(2)5-4-6-10-7-8-11-3/h5,10H,4,6-8H2,1-3H3. The van der Waals surface area contributed by atoms with Gasteiger partial charge in [-0.25, -0.2) is 0 Å². The van der Waals surface area contributed by atoms with Crippen LogP contribution in [0, 0.1) is 0 Å². The highest BCUT2D eigenvalue weighted by Crippen LogP contribution is 1.90. The van der Waals surface area contributed by atoms with Crippen molar-refractivity contribution in [1.29, 1.82) is 0 Å². The van der Waals surface area contributed by atoms with Gasteiger partial charge in [0.05, 0.1) is 6.61 Å². The molecule has 0 radical (unpaired) electrons. The van der Waals surface area contributed by atoms with Crippen LogP contribution in [0.2, 0.25) is 0 Å². The predicted molar refractivity (Wildman–Crippen MR) is 48.8 cm³/mol. The minimum absolute atomic E-state index is 0.800. The summed E-state index contributed by atoms with van der Waals surface area (Å²) in [4.78, 5) is 0. The summed E-state index contributed by atoms with van der Waals surface area (Å²) in [5.41, 5.74) is 1.39. The lowest BCUT2D eigenvalue weighted by Crippen LogP contribution is -2.19. The first-order valence-corrected chi connectivity index (χ1v) is 4.10. The molecule has 0 aromatic rings. The van der Waals surface area contributed by atoms with Gasteiger partial charge in [-0.15, -0.1) is 0 Å². The van der Waals surface area contributed by atoms with E-state index >= 15 is 0 Å². The van der Waals surface area contributed by atoms with Gasteiger partial charge in [-0.05, 0) is 26.8 Å². The van der Waals surface area contributed by atoms with Crippen molar-refractivity contribution in [2.24, 2.45) is 0 Å². The van der Waals surface area contributed by atoms with Crippen LogP contribution in [-0.4, -0.2) is 26.8 Å². The Bertz CT molecular complexity index is 106. The van der Waals surface area contributed by atoms with E-state index in [1.54, 1.807) is 7.11 Å². The van der Waals surface area contributed by atoms with Crippen LogP contribution < -0.4 is 5.32 Å². The molecule has 0 amide bonds. The molecule has 0 aromatic heterocycles. The van der Waals surface area contributed by atoms with E-state index in [-0.39, 0.29) is 0 Å². The fourth-order valence-electron chi connectivity index (χ4n) is 0.762. The molecule has 0 unspecified atom stereocenters. The molecule has 0 aliphatic heterocycles. The summed E-state index contributed by atoms with van der Waals surface area (Å²) in [5, 5.41) is 3.27. The summed E-state index contributed by atoms with van der Waals surface area (Å²) in [5.74, 6) is 0. The van der Waals surface area contributed by atoms with Gasteiger partial charge in [0.25, 0.3) is 0 Å². The summed E-state index contributed by atoms with van der Waals surface area (Å²) in [7, 11) is 1.72. The molecule has 0 aliphatic rings. The van der Waals surface area contributed by atoms with E-state index in [0.29, 0.717) is 0 Å². The maximum Gasteiger partial charge on any atom is 0.0587 e. The molecule has 0 rings (SSSR count). The van der Waals surface area contributed by atoms with E-state index in [2.05, 4.69) is 25.2 Å². The fraction of sp³-hybridized carbons (Fsp3) is 0.778. The molecule has 11 heavy (non-hydrogen) atoms. The van der Waals surface area contributed by atoms with Crippen LogP contribution in [0.3, 0.4) is 0 Å². The second-order valence-electron chi connectivity index (χ2n) is 2.81. The van der Waals surface area contributed by atoms with E-state index in [4.69, 9.17) is 4.74 Å². The average Bonchev–Trinajstić information content (AvgIpc) is 1.96. The molecule has 0 saturated carbocycles. The highest BCUT2D eigenvalue weighted by molar-refractivity contribution is 4.92. The Hall–Kier alpha value is -0.340. The van der Waals surface area contributed by atoms with Crippen molar-refractivity contribution in [3.05, 3.63) is 11.6 Å². The van der Waals surface area contributed by atoms with Gasteiger partial charge >= 0.3 is 0 Å². The number of hydrogen-bond donors (Lipinski definition) is 1. The van der Waals surface area contributed by atoms with Crippen molar-refractivity contribution in [2.75, 3.05) is 26.8 Å². The summed E-state index contributed by atoms with van der Waals surface area (Å²) >= 11 is 0. The van der Waals surface area contributed by atoms with Crippen molar-refractivity contribution in [1.82, 2.24) is 5.32 Å². The Labute approximate surface area is 69.6 Å². The second kappa shape index (κ2) is 7.76. The third-order valence-corrected chi connectivity index (χ3v) is 1.36. The van der Waals surface area contributed by atoms with Gasteiger partial charge < -0.3 is 10.1 Å². The largest absolute Gasteiger partial charge is 0.383 e. The number of ether oxygens (including phenoxy) is 1. The average molecular weight is 157 g/mol. The molecule has 2 heteroatoms. The Balaban J connectivity index is 2.97. The maximum atomic E-state index is 4.89. The smallest absolute Gasteiger partial charge is 0.0587 e. The van der Waals surface area contributed by atoms with Crippen molar-refractivity contribution >= 4 is 0 Å². The van der Waals surface area contributed by atoms with E-state index in [1.165, 1.54) is 5.57 Å². The molecule has 0 fully saturated rings. The molecular formula is C9H19NO. The normalized spacial score (nSPS) is 9.73. The van der Waals surface area contributed by atoms with Crippen molar-refractivity contribution in [3.8, 4) is 0 Å². The molecule has 0 saturated heterocycles. The summed E-state index contributed by atoms with van der Waals surface area (Å²) in [6.45, 7) is 7.04. The van der Waals surface area contributed by atoms with E-state index in [0.717, 1.165) is 26.1 Å². The molecule has 0 spiro atoms. The van der Waals surface area contributed by atoms with Crippen LogP contribution in [0.4, 0.5) is 0 Å². The quantitative estimate of drug-likeness (QED) is 0.467. The van der Waals surface area contributed by atoms with Crippen LogP contribution >= 0.6 is 0 Å². The molecule has 0 bridgehead atoms. The third kappa shape index (κ3) is 9.66.